The van der Waals surface area contributed by atoms with E-state index >= 15 is 0 Å². The first kappa shape index (κ1) is 23.2. The molecule has 1 aromatic heterocycles. The molecular formula is C22H41N5S. The normalized spacial score (nSPS) is 18.0. The van der Waals surface area contributed by atoms with Gasteiger partial charge in [-0.25, -0.2) is 0 Å². The number of hydrogen-bond acceptors (Lipinski definition) is 4. The molecule has 0 spiro atoms. The van der Waals surface area contributed by atoms with Crippen LogP contribution in [-0.2, 0) is 0 Å². The largest absolute Gasteiger partial charge is 0.356 e. The van der Waals surface area contributed by atoms with E-state index < -0.39 is 0 Å². The van der Waals surface area contributed by atoms with Crippen LogP contribution in [0.5, 0.6) is 0 Å². The predicted molar refractivity (Wildman–Crippen MR) is 123 cm³/mol. The van der Waals surface area contributed by atoms with Gasteiger partial charge in [0, 0.05) is 31.1 Å². The third-order valence-electron chi connectivity index (χ3n) is 5.93. The fourth-order valence-electron chi connectivity index (χ4n) is 3.60. The van der Waals surface area contributed by atoms with E-state index in [-0.39, 0.29) is 0 Å². The molecule has 5 nitrogen and oxygen atoms in total. The van der Waals surface area contributed by atoms with Gasteiger partial charge in [0.25, 0.3) is 0 Å². The van der Waals surface area contributed by atoms with Crippen LogP contribution in [0.25, 0.3) is 0 Å². The van der Waals surface area contributed by atoms with E-state index in [1.165, 1.54) is 37.2 Å². The summed E-state index contributed by atoms with van der Waals surface area (Å²) in [5.74, 6) is 1.78. The second-order valence-corrected chi connectivity index (χ2v) is 9.39. The van der Waals surface area contributed by atoms with Gasteiger partial charge in [0.05, 0.1) is 6.04 Å². The second kappa shape index (κ2) is 12.5. The van der Waals surface area contributed by atoms with Crippen molar-refractivity contribution in [3.63, 3.8) is 0 Å². The zero-order chi connectivity index (χ0) is 20.4. The summed E-state index contributed by atoms with van der Waals surface area (Å²) in [6.07, 6.45) is 4.98. The summed E-state index contributed by atoms with van der Waals surface area (Å²) in [7, 11) is 4.06. The van der Waals surface area contributed by atoms with E-state index in [1.54, 1.807) is 0 Å². The Bertz CT molecular complexity index is 549. The number of rotatable bonds is 10. The molecule has 160 valence electrons. The van der Waals surface area contributed by atoms with E-state index in [0.717, 1.165) is 37.9 Å². The fourth-order valence-corrected chi connectivity index (χ4v) is 4.46. The Morgan fingerprint density at radius 3 is 2.64 bits per heavy atom. The van der Waals surface area contributed by atoms with Crippen molar-refractivity contribution in [2.75, 3.05) is 46.8 Å². The molecule has 0 aromatic carbocycles. The summed E-state index contributed by atoms with van der Waals surface area (Å²) >= 11 is 1.87. The van der Waals surface area contributed by atoms with E-state index in [4.69, 9.17) is 0 Å². The summed E-state index contributed by atoms with van der Waals surface area (Å²) in [5, 5.41) is 9.26. The number of guanidine groups is 1. The number of nitrogens with one attached hydrogen (secondary N) is 2. The van der Waals surface area contributed by atoms with Crippen molar-refractivity contribution >= 4 is 17.3 Å². The maximum Gasteiger partial charge on any atom is 0.191 e. The van der Waals surface area contributed by atoms with Crippen LogP contribution in [-0.4, -0.2) is 68.6 Å². The van der Waals surface area contributed by atoms with Crippen molar-refractivity contribution in [2.24, 2.45) is 10.9 Å². The third-order valence-corrected chi connectivity index (χ3v) is 6.90. The number of piperidine rings is 1. The second-order valence-electron chi connectivity index (χ2n) is 8.41. The molecule has 1 fully saturated rings. The zero-order valence-electron chi connectivity index (χ0n) is 18.6. The fraction of sp³-hybridized carbons (Fsp3) is 0.773. The molecule has 0 amide bonds. The molecule has 1 atom stereocenters. The molecule has 1 aliphatic rings. The van der Waals surface area contributed by atoms with Gasteiger partial charge in [0.2, 0.25) is 0 Å². The minimum atomic E-state index is 0.436. The van der Waals surface area contributed by atoms with Crippen LogP contribution in [0.3, 0.4) is 0 Å². The molecular weight excluding hydrogens is 366 g/mol. The maximum absolute atomic E-state index is 4.43. The summed E-state index contributed by atoms with van der Waals surface area (Å²) in [4.78, 5) is 10.9. The van der Waals surface area contributed by atoms with Gasteiger partial charge in [0.1, 0.15) is 0 Å². The van der Waals surface area contributed by atoms with Crippen LogP contribution in [0.2, 0.25) is 0 Å². The third kappa shape index (κ3) is 7.72. The van der Waals surface area contributed by atoms with Crippen molar-refractivity contribution < 1.29 is 0 Å². The summed E-state index contributed by atoms with van der Waals surface area (Å²) in [5.41, 5.74) is 0. The van der Waals surface area contributed by atoms with E-state index in [1.807, 2.05) is 18.4 Å². The van der Waals surface area contributed by atoms with E-state index in [0.29, 0.717) is 12.1 Å². The molecule has 1 aliphatic heterocycles. The Morgan fingerprint density at radius 1 is 1.29 bits per heavy atom. The summed E-state index contributed by atoms with van der Waals surface area (Å²) in [6.45, 7) is 12.3. The molecule has 6 heteroatoms. The van der Waals surface area contributed by atoms with Crippen molar-refractivity contribution in [3.05, 3.63) is 22.4 Å². The molecule has 0 radical (unpaired) electrons. The average molecular weight is 408 g/mol. The van der Waals surface area contributed by atoms with Gasteiger partial charge in [-0.3, -0.25) is 9.89 Å². The quantitative estimate of drug-likeness (QED) is 0.352. The number of nitrogens with zero attached hydrogens (tertiary/aromatic N) is 3. The summed E-state index contributed by atoms with van der Waals surface area (Å²) < 4.78 is 0. The Labute approximate surface area is 176 Å². The maximum atomic E-state index is 4.43. The zero-order valence-corrected chi connectivity index (χ0v) is 19.4. The van der Waals surface area contributed by atoms with Crippen molar-refractivity contribution in [1.82, 2.24) is 20.4 Å². The van der Waals surface area contributed by atoms with Gasteiger partial charge in [-0.05, 0) is 83.6 Å². The predicted octanol–water partition coefficient (Wildman–Crippen LogP) is 3.81. The SMILES string of the molecule is CN=C(NCCCCN(C)C(C)C)NCC(c1cccs1)N1CCC(C)CC1. The number of hydrogen-bond donors (Lipinski definition) is 2. The van der Waals surface area contributed by atoms with Crippen LogP contribution < -0.4 is 10.6 Å². The number of likely N-dealkylation sites (tertiary alicyclic amines) is 1. The van der Waals surface area contributed by atoms with Gasteiger partial charge in [-0.2, -0.15) is 0 Å². The lowest BCUT2D eigenvalue weighted by Gasteiger charge is -2.36. The van der Waals surface area contributed by atoms with Gasteiger partial charge >= 0.3 is 0 Å². The minimum absolute atomic E-state index is 0.436. The van der Waals surface area contributed by atoms with Crippen LogP contribution in [0, 0.1) is 5.92 Å². The standard InChI is InChI=1S/C22H41N5S/c1-18(2)26(5)13-7-6-12-24-22(23-4)25-17-20(21-9-8-16-28-21)27-14-10-19(3)11-15-27/h8-9,16,18-20H,6-7,10-15,17H2,1-5H3,(H2,23,24,25). The minimum Gasteiger partial charge on any atom is -0.356 e. The number of thiophene rings is 1. The number of unbranched alkanes of at least 4 members (excludes halogenated alkanes) is 1. The molecule has 0 bridgehead atoms. The first-order valence-corrected chi connectivity index (χ1v) is 11.8. The van der Waals surface area contributed by atoms with Crippen LogP contribution >= 0.6 is 11.3 Å². The topological polar surface area (TPSA) is 42.9 Å². The Morgan fingerprint density at radius 2 is 2.04 bits per heavy atom. The van der Waals surface area contributed by atoms with Crippen molar-refractivity contribution in [3.8, 4) is 0 Å². The molecule has 28 heavy (non-hydrogen) atoms. The van der Waals surface area contributed by atoms with Crippen LogP contribution in [0.15, 0.2) is 22.5 Å². The highest BCUT2D eigenvalue weighted by Crippen LogP contribution is 2.28. The molecule has 1 unspecified atom stereocenters. The molecule has 2 heterocycles. The molecule has 1 aromatic rings. The average Bonchev–Trinajstić information content (AvgIpc) is 3.21. The first-order chi connectivity index (χ1) is 13.5. The van der Waals surface area contributed by atoms with Crippen LogP contribution in [0.1, 0.15) is 57.4 Å². The van der Waals surface area contributed by atoms with Crippen molar-refractivity contribution in [1.29, 1.82) is 0 Å². The molecule has 1 saturated heterocycles. The monoisotopic (exact) mass is 407 g/mol. The van der Waals surface area contributed by atoms with E-state index in [2.05, 4.69) is 70.8 Å². The lowest BCUT2D eigenvalue weighted by molar-refractivity contribution is 0.140. The molecule has 2 rings (SSSR count). The molecule has 0 aliphatic carbocycles. The number of aliphatic imine (C=N–C) groups is 1. The summed E-state index contributed by atoms with van der Waals surface area (Å²) in [6, 6.07) is 5.50. The lowest BCUT2D eigenvalue weighted by atomic mass is 9.97. The lowest BCUT2D eigenvalue weighted by Crippen LogP contribution is -2.45. The Hall–Kier alpha value is -1.11. The highest BCUT2D eigenvalue weighted by Gasteiger charge is 2.25. The highest BCUT2D eigenvalue weighted by molar-refractivity contribution is 7.10. The smallest absolute Gasteiger partial charge is 0.191 e. The van der Waals surface area contributed by atoms with Gasteiger partial charge in [0.15, 0.2) is 5.96 Å². The van der Waals surface area contributed by atoms with Gasteiger partial charge in [-0.1, -0.05) is 13.0 Å². The molecule has 0 saturated carbocycles. The first-order valence-electron chi connectivity index (χ1n) is 10.9. The Balaban J connectivity index is 1.77. The van der Waals surface area contributed by atoms with Crippen LogP contribution in [0.4, 0.5) is 0 Å². The molecule has 2 N–H and O–H groups in total. The Kier molecular flexibility index (Phi) is 10.3. The van der Waals surface area contributed by atoms with Gasteiger partial charge in [-0.15, -0.1) is 11.3 Å². The van der Waals surface area contributed by atoms with Gasteiger partial charge < -0.3 is 15.5 Å². The highest BCUT2D eigenvalue weighted by atomic mass is 32.1. The van der Waals surface area contributed by atoms with Crippen molar-refractivity contribution in [2.45, 2.75) is 58.5 Å². The van der Waals surface area contributed by atoms with E-state index in [9.17, 15) is 0 Å².